The molecule has 2 heteroatoms. The van der Waals surface area contributed by atoms with Crippen molar-refractivity contribution in [1.29, 1.82) is 0 Å². The van der Waals surface area contributed by atoms with Crippen LogP contribution in [-0.2, 0) is 10.8 Å². The van der Waals surface area contributed by atoms with E-state index in [9.17, 15) is 0 Å². The Bertz CT molecular complexity index is 2540. The van der Waals surface area contributed by atoms with Crippen molar-refractivity contribution in [1.82, 2.24) is 9.13 Å². The van der Waals surface area contributed by atoms with Gasteiger partial charge in [-0.25, -0.2) is 0 Å². The van der Waals surface area contributed by atoms with Crippen LogP contribution in [0.3, 0.4) is 0 Å². The smallest absolute Gasteiger partial charge is 0.0541 e. The van der Waals surface area contributed by atoms with Gasteiger partial charge in [0.25, 0.3) is 0 Å². The second-order valence-electron chi connectivity index (χ2n) is 18.4. The first-order valence-electron chi connectivity index (χ1n) is 21.6. The van der Waals surface area contributed by atoms with E-state index in [0.29, 0.717) is 0 Å². The van der Waals surface area contributed by atoms with Gasteiger partial charge in [-0.3, -0.25) is 0 Å². The number of rotatable bonds is 7. The van der Waals surface area contributed by atoms with Gasteiger partial charge in [0.1, 0.15) is 0 Å². The molecular weight excluding hydrogens is 677 g/mol. The zero-order chi connectivity index (χ0) is 38.0. The third kappa shape index (κ3) is 5.82. The first-order valence-corrected chi connectivity index (χ1v) is 21.6. The predicted octanol–water partition coefficient (Wildman–Crippen LogP) is 15.3. The fraction of sp³-hybridized carbons (Fsp3) is 0.333. The molecule has 2 aromatic heterocycles. The zero-order valence-corrected chi connectivity index (χ0v) is 33.8. The molecule has 0 atom stereocenters. The van der Waals surface area contributed by atoms with Crippen LogP contribution in [-0.4, -0.2) is 9.13 Å². The van der Waals surface area contributed by atoms with Crippen LogP contribution in [0.5, 0.6) is 0 Å². The molecule has 0 aliphatic heterocycles. The topological polar surface area (TPSA) is 9.86 Å². The van der Waals surface area contributed by atoms with E-state index in [1.165, 1.54) is 141 Å². The van der Waals surface area contributed by atoms with Crippen molar-refractivity contribution in [3.8, 4) is 22.5 Å². The number of hydrogen-bond acceptors (Lipinski definition) is 0. The predicted molar refractivity (Wildman–Crippen MR) is 240 cm³/mol. The lowest BCUT2D eigenvalue weighted by Crippen LogP contribution is -2.30. The Morgan fingerprint density at radius 1 is 0.375 bits per heavy atom. The molecule has 56 heavy (non-hydrogen) atoms. The Morgan fingerprint density at radius 2 is 0.786 bits per heavy atom. The highest BCUT2D eigenvalue weighted by molar-refractivity contribution is 6.11. The molecule has 2 nitrogen and oxygen atoms in total. The van der Waals surface area contributed by atoms with Gasteiger partial charge in [-0.2, -0.15) is 0 Å². The first-order chi connectivity index (χ1) is 27.3. The molecule has 0 saturated heterocycles. The molecule has 0 bridgehead atoms. The fourth-order valence-electron chi connectivity index (χ4n) is 11.1. The number of nitrogens with zero attached hydrogens (tertiary/aromatic N) is 2. The van der Waals surface area contributed by atoms with Crippen molar-refractivity contribution in [3.63, 3.8) is 0 Å². The van der Waals surface area contributed by atoms with E-state index in [4.69, 9.17) is 0 Å². The molecule has 0 N–H and O–H groups in total. The minimum Gasteiger partial charge on any atom is -0.309 e. The van der Waals surface area contributed by atoms with E-state index < -0.39 is 0 Å². The number of fused-ring (bicyclic) bond motifs is 6. The Hall–Kier alpha value is -5.08. The molecule has 2 fully saturated rings. The van der Waals surface area contributed by atoms with Gasteiger partial charge in [-0.1, -0.05) is 145 Å². The summed E-state index contributed by atoms with van der Waals surface area (Å²) in [5.74, 6) is 1.46. The van der Waals surface area contributed by atoms with Crippen molar-refractivity contribution < 1.29 is 0 Å². The number of hydrogen-bond donors (Lipinski definition) is 0. The van der Waals surface area contributed by atoms with Gasteiger partial charge >= 0.3 is 0 Å². The summed E-state index contributed by atoms with van der Waals surface area (Å²) >= 11 is 0. The number of benzene rings is 6. The summed E-state index contributed by atoms with van der Waals surface area (Å²) in [6.07, 6.45) is 13.6. The highest BCUT2D eigenvalue weighted by Crippen LogP contribution is 2.45. The van der Waals surface area contributed by atoms with Gasteiger partial charge < -0.3 is 9.13 Å². The summed E-state index contributed by atoms with van der Waals surface area (Å²) in [5.41, 5.74) is 13.1. The second kappa shape index (κ2) is 13.8. The van der Waals surface area contributed by atoms with Gasteiger partial charge in [0.2, 0.25) is 0 Å². The van der Waals surface area contributed by atoms with Crippen LogP contribution >= 0.6 is 0 Å². The number of para-hydroxylation sites is 2. The van der Waals surface area contributed by atoms with Gasteiger partial charge in [0.05, 0.1) is 22.1 Å². The second-order valence-corrected chi connectivity index (χ2v) is 18.4. The monoisotopic (exact) mass is 732 g/mol. The molecule has 0 amide bonds. The quantitative estimate of drug-likeness (QED) is 0.154. The van der Waals surface area contributed by atoms with E-state index in [1.54, 1.807) is 0 Å². The average Bonchev–Trinajstić information content (AvgIpc) is 3.77. The Morgan fingerprint density at radius 3 is 1.25 bits per heavy atom. The highest BCUT2D eigenvalue weighted by Gasteiger charge is 2.34. The molecule has 0 unspecified atom stereocenters. The van der Waals surface area contributed by atoms with Crippen LogP contribution < -0.4 is 0 Å². The van der Waals surface area contributed by atoms with Crippen molar-refractivity contribution in [2.45, 2.75) is 103 Å². The lowest BCUT2D eigenvalue weighted by molar-refractivity contribution is 0.236. The molecule has 0 spiro atoms. The van der Waals surface area contributed by atoms with E-state index in [2.05, 4.69) is 170 Å². The zero-order valence-electron chi connectivity index (χ0n) is 33.8. The maximum absolute atomic E-state index is 2.53. The normalized spacial score (nSPS) is 16.4. The number of aromatic nitrogens is 2. The Balaban J connectivity index is 1.19. The van der Waals surface area contributed by atoms with Crippen LogP contribution in [0, 0.1) is 11.8 Å². The third-order valence-electron chi connectivity index (χ3n) is 14.6. The van der Waals surface area contributed by atoms with E-state index >= 15 is 0 Å². The summed E-state index contributed by atoms with van der Waals surface area (Å²) < 4.78 is 5.05. The third-order valence-corrected chi connectivity index (χ3v) is 14.6. The first kappa shape index (κ1) is 35.3. The summed E-state index contributed by atoms with van der Waals surface area (Å²) in [7, 11) is 0. The maximum atomic E-state index is 2.53. The molecule has 6 aromatic carbocycles. The molecular formula is C54H56N2. The molecule has 0 radical (unpaired) electrons. The largest absolute Gasteiger partial charge is 0.309 e. The minimum atomic E-state index is 0.139. The van der Waals surface area contributed by atoms with Gasteiger partial charge in [-0.05, 0) is 125 Å². The Labute approximate surface area is 333 Å². The standard InChI is InChI=1S/C54H56N2/c1-53(2,39-20-10-6-11-21-39)41-28-30-51-47(34-41)45-24-14-16-26-49(45)55(51)43-32-38(37-18-8-5-9-19-37)33-44(36-43)56-50-27-17-15-25-46(50)48-35-42(29-31-52(48)56)54(3,4)40-22-12-7-13-23-40/h5,8-9,14-19,24-36,39-40H,6-7,10-13,20-23H2,1-4H3. The molecule has 2 heterocycles. The van der Waals surface area contributed by atoms with Crippen LogP contribution in [0.15, 0.2) is 133 Å². The summed E-state index contributed by atoms with van der Waals surface area (Å²) in [6.45, 7) is 9.96. The fourth-order valence-corrected chi connectivity index (χ4v) is 11.1. The van der Waals surface area contributed by atoms with Crippen LogP contribution in [0.25, 0.3) is 66.1 Å². The lowest BCUT2D eigenvalue weighted by Gasteiger charge is -2.37. The van der Waals surface area contributed by atoms with Crippen molar-refractivity contribution in [2.24, 2.45) is 11.8 Å². The van der Waals surface area contributed by atoms with Crippen molar-refractivity contribution >= 4 is 43.6 Å². The summed E-state index contributed by atoms with van der Waals surface area (Å²) in [6, 6.07) is 51.0. The van der Waals surface area contributed by atoms with E-state index in [1.807, 2.05) is 0 Å². The van der Waals surface area contributed by atoms with Crippen LogP contribution in [0.2, 0.25) is 0 Å². The van der Waals surface area contributed by atoms with Crippen molar-refractivity contribution in [2.75, 3.05) is 0 Å². The van der Waals surface area contributed by atoms with E-state index in [0.717, 1.165) is 11.8 Å². The van der Waals surface area contributed by atoms with Crippen LogP contribution in [0.4, 0.5) is 0 Å². The van der Waals surface area contributed by atoms with Gasteiger partial charge in [-0.15, -0.1) is 0 Å². The van der Waals surface area contributed by atoms with Crippen molar-refractivity contribution in [3.05, 3.63) is 145 Å². The molecule has 2 saturated carbocycles. The average molecular weight is 733 g/mol. The molecule has 2 aliphatic carbocycles. The lowest BCUT2D eigenvalue weighted by atomic mass is 9.67. The van der Waals surface area contributed by atoms with Gasteiger partial charge in [0, 0.05) is 32.9 Å². The molecule has 8 aromatic rings. The molecule has 2 aliphatic rings. The Kier molecular flexibility index (Phi) is 8.73. The highest BCUT2D eigenvalue weighted by atomic mass is 15.0. The molecule has 10 rings (SSSR count). The summed E-state index contributed by atoms with van der Waals surface area (Å²) in [4.78, 5) is 0. The minimum absolute atomic E-state index is 0.139. The van der Waals surface area contributed by atoms with Gasteiger partial charge in [0.15, 0.2) is 0 Å². The van der Waals surface area contributed by atoms with Crippen LogP contribution in [0.1, 0.15) is 103 Å². The molecule has 282 valence electrons. The van der Waals surface area contributed by atoms with E-state index in [-0.39, 0.29) is 10.8 Å². The SMILES string of the molecule is CC(C)(c1ccc2c(c1)c1ccccc1n2-c1cc(-c2ccccc2)cc(-n2c3ccccc3c3cc(C(C)(C)C4CCCCC4)ccc32)c1)C1CCCCC1. The summed E-state index contributed by atoms with van der Waals surface area (Å²) in [5, 5.41) is 5.33. The maximum Gasteiger partial charge on any atom is 0.0541 e.